The Kier molecular flexibility index (Phi) is 25.4. The van der Waals surface area contributed by atoms with Gasteiger partial charge in [-0.25, -0.2) is 4.79 Å². The second-order valence-corrected chi connectivity index (χ2v) is 22.3. The van der Waals surface area contributed by atoms with E-state index in [2.05, 4.69) is 5.32 Å². The van der Waals surface area contributed by atoms with E-state index in [4.69, 9.17) is 14.2 Å². The van der Waals surface area contributed by atoms with Gasteiger partial charge in [-0.2, -0.15) is 0 Å². The van der Waals surface area contributed by atoms with Crippen molar-refractivity contribution in [3.05, 3.63) is 71.3 Å². The molecule has 0 aliphatic carbocycles. The topological polar surface area (TPSA) is 189 Å². The molecule has 2 heterocycles. The first-order valence-corrected chi connectivity index (χ1v) is 27.8. The van der Waals surface area contributed by atoms with Crippen molar-refractivity contribution in [1.29, 1.82) is 0 Å². The SMILES string of the molecule is CC[C@H](C)[C@@H]([C@@H](CC(=O)N1CCC[C@H]1[C@H](OC)[C@@H](C)C(=O)N[C@@H](Cc1ccccc1)C(=O)OC)OC)N(C)C(=O)[C@@H](CC(=O)[C@H](C(C)C)N(C)Cc1cccc(CC(=O)CCCCCN2C(=O)CC(C)C2=O)c1)C(C)C. The highest BCUT2D eigenvalue weighted by Crippen LogP contribution is 2.32. The first kappa shape index (κ1) is 63.2. The molecule has 2 aliphatic heterocycles. The lowest BCUT2D eigenvalue weighted by Crippen LogP contribution is -2.55. The lowest BCUT2D eigenvalue weighted by Gasteiger charge is -2.41. The van der Waals surface area contributed by atoms with Gasteiger partial charge in [0.05, 0.1) is 49.8 Å². The van der Waals surface area contributed by atoms with Crippen molar-refractivity contribution in [2.45, 2.75) is 175 Å². The molecular weight excluding hydrogens is 967 g/mol. The molecule has 5 amide bonds. The van der Waals surface area contributed by atoms with Crippen LogP contribution in [0.25, 0.3) is 0 Å². The van der Waals surface area contributed by atoms with Gasteiger partial charge in [0.2, 0.25) is 29.5 Å². The summed E-state index contributed by atoms with van der Waals surface area (Å²) >= 11 is 0. The Hall–Kier alpha value is -5.32. The number of rotatable bonds is 32. The van der Waals surface area contributed by atoms with Crippen molar-refractivity contribution < 1.29 is 52.6 Å². The third-order valence-corrected chi connectivity index (χ3v) is 16.0. The number of imide groups is 1. The fraction of sp³-hybridized carbons (Fsp3) is 0.667. The molecule has 2 aliphatic rings. The number of likely N-dealkylation sites (tertiary alicyclic amines) is 2. The molecule has 0 bridgehead atoms. The average Bonchev–Trinajstić information content (AvgIpc) is 3.97. The molecule has 16 heteroatoms. The molecule has 0 saturated carbocycles. The zero-order valence-corrected chi connectivity index (χ0v) is 48.0. The van der Waals surface area contributed by atoms with E-state index in [9.17, 15) is 38.4 Å². The van der Waals surface area contributed by atoms with Gasteiger partial charge in [0.1, 0.15) is 11.8 Å². The molecule has 0 radical (unpaired) electrons. The average molecular weight is 1060 g/mol. The third kappa shape index (κ3) is 17.3. The van der Waals surface area contributed by atoms with Crippen LogP contribution in [0.3, 0.4) is 0 Å². The standard InChI is InChI=1S/C60H91N5O11/c1-14-40(6)55(51(74-11)36-53(69)64-30-22-28-49(64)56(75-12)42(8)57(70)61-48(60(73)76-13)34-43-23-17-15-18-24-43)63(10)59(72)47(38(2)3)35-50(67)54(39(4)5)62(9)37-45-26-21-25-44(32-45)33-46(66)27-19-16-20-29-65-52(68)31-41(7)58(65)71/h15,17-18,21,23-26,32,38-42,47-49,51,54-56H,14,16,19-20,22,27-31,33-37H2,1-13H3,(H,61,70)/t40-,41?,42+,47-,48-,49-,51+,54-,55-,56+/m0/s1. The monoisotopic (exact) mass is 1060 g/mol. The first-order chi connectivity index (χ1) is 36.1. The highest BCUT2D eigenvalue weighted by molar-refractivity contribution is 6.03. The summed E-state index contributed by atoms with van der Waals surface area (Å²) in [5.74, 6) is -3.41. The van der Waals surface area contributed by atoms with Crippen LogP contribution >= 0.6 is 0 Å². The number of amides is 5. The number of methoxy groups -OCH3 is 3. The quantitative estimate of drug-likeness (QED) is 0.0439. The van der Waals surface area contributed by atoms with Crippen LogP contribution in [0.5, 0.6) is 0 Å². The maximum Gasteiger partial charge on any atom is 0.328 e. The largest absolute Gasteiger partial charge is 0.467 e. The number of carbonyl (C=O) groups excluding carboxylic acids is 8. The van der Waals surface area contributed by atoms with Crippen molar-refractivity contribution in [2.75, 3.05) is 48.5 Å². The number of esters is 1. The van der Waals surface area contributed by atoms with E-state index >= 15 is 0 Å². The van der Waals surface area contributed by atoms with Crippen LogP contribution in [0, 0.1) is 35.5 Å². The van der Waals surface area contributed by atoms with E-state index in [1.807, 2.05) is 108 Å². The molecule has 2 aromatic carbocycles. The maximum atomic E-state index is 14.8. The van der Waals surface area contributed by atoms with Crippen molar-refractivity contribution in [3.8, 4) is 0 Å². The number of hydrogen-bond acceptors (Lipinski definition) is 12. The van der Waals surface area contributed by atoms with Gasteiger partial charge in [0.25, 0.3) is 0 Å². The minimum Gasteiger partial charge on any atom is -0.467 e. The number of carbonyl (C=O) groups is 8. The highest BCUT2D eigenvalue weighted by Gasteiger charge is 2.44. The maximum absolute atomic E-state index is 14.8. The van der Waals surface area contributed by atoms with E-state index in [-0.39, 0.29) is 91.0 Å². The van der Waals surface area contributed by atoms with Gasteiger partial charge >= 0.3 is 5.97 Å². The van der Waals surface area contributed by atoms with Crippen LogP contribution in [-0.4, -0.2) is 152 Å². The number of unbranched alkanes of at least 4 members (excludes halogenated alkanes) is 2. The molecule has 2 aromatic rings. The van der Waals surface area contributed by atoms with E-state index in [1.165, 1.54) is 19.1 Å². The minimum absolute atomic E-state index is 0.0223. The van der Waals surface area contributed by atoms with Crippen LogP contribution in [0.4, 0.5) is 0 Å². The van der Waals surface area contributed by atoms with Gasteiger partial charge < -0.3 is 29.3 Å². The molecule has 422 valence electrons. The van der Waals surface area contributed by atoms with Gasteiger partial charge in [-0.05, 0) is 67.2 Å². The normalized spacial score (nSPS) is 19.1. The molecule has 0 aromatic heterocycles. The molecule has 4 rings (SSSR count). The fourth-order valence-electron chi connectivity index (χ4n) is 11.5. The number of likely N-dealkylation sites (N-methyl/N-ethyl adjacent to an activating group) is 2. The summed E-state index contributed by atoms with van der Waals surface area (Å²) in [7, 11) is 8.04. The van der Waals surface area contributed by atoms with Gasteiger partial charge in [0, 0.05) is 84.8 Å². The predicted octanol–water partition coefficient (Wildman–Crippen LogP) is 7.26. The summed E-state index contributed by atoms with van der Waals surface area (Å²) in [6.07, 6.45) is 3.99. The van der Waals surface area contributed by atoms with Gasteiger partial charge in [-0.1, -0.05) is 123 Å². The molecule has 2 fully saturated rings. The summed E-state index contributed by atoms with van der Waals surface area (Å²) in [6.45, 7) is 16.9. The van der Waals surface area contributed by atoms with E-state index in [1.54, 1.807) is 37.8 Å². The van der Waals surface area contributed by atoms with Crippen LogP contribution in [0.15, 0.2) is 54.6 Å². The molecule has 10 atom stereocenters. The van der Waals surface area contributed by atoms with E-state index in [0.29, 0.717) is 58.2 Å². The molecule has 16 nitrogen and oxygen atoms in total. The second kappa shape index (κ2) is 30.6. The molecule has 1 N–H and O–H groups in total. The van der Waals surface area contributed by atoms with Gasteiger partial charge in [-0.3, -0.25) is 43.4 Å². The van der Waals surface area contributed by atoms with Crippen molar-refractivity contribution in [1.82, 2.24) is 24.9 Å². The third-order valence-electron chi connectivity index (χ3n) is 16.0. The van der Waals surface area contributed by atoms with Gasteiger partial charge in [-0.15, -0.1) is 0 Å². The summed E-state index contributed by atoms with van der Waals surface area (Å²) in [5, 5.41) is 2.87. The minimum atomic E-state index is -0.916. The van der Waals surface area contributed by atoms with Crippen LogP contribution in [0.2, 0.25) is 0 Å². The number of ketones is 2. The summed E-state index contributed by atoms with van der Waals surface area (Å²) < 4.78 is 17.2. The van der Waals surface area contributed by atoms with Crippen molar-refractivity contribution in [3.63, 3.8) is 0 Å². The lowest BCUT2D eigenvalue weighted by atomic mass is 9.83. The highest BCUT2D eigenvalue weighted by atomic mass is 16.5. The Balaban J connectivity index is 1.40. The Morgan fingerprint density at radius 2 is 1.49 bits per heavy atom. The summed E-state index contributed by atoms with van der Waals surface area (Å²) in [6, 6.07) is 14.9. The predicted molar refractivity (Wildman–Crippen MR) is 292 cm³/mol. The molecular formula is C60H91N5O11. The molecule has 76 heavy (non-hydrogen) atoms. The van der Waals surface area contributed by atoms with Crippen LogP contribution in [0.1, 0.15) is 136 Å². The molecule has 1 unspecified atom stereocenters. The zero-order valence-electron chi connectivity index (χ0n) is 48.0. The smallest absolute Gasteiger partial charge is 0.328 e. The lowest BCUT2D eigenvalue weighted by molar-refractivity contribution is -0.150. The van der Waals surface area contributed by atoms with Crippen molar-refractivity contribution in [2.24, 2.45) is 35.5 Å². The summed E-state index contributed by atoms with van der Waals surface area (Å²) in [5.41, 5.74) is 2.72. The molecule has 0 spiro atoms. The fourth-order valence-corrected chi connectivity index (χ4v) is 11.5. The Morgan fingerprint density at radius 3 is 2.08 bits per heavy atom. The number of Topliss-reactive ketones (excluding diaryl/α,β-unsaturated/α-hetero) is 2. The van der Waals surface area contributed by atoms with Crippen LogP contribution in [-0.2, 0) is 72.0 Å². The zero-order chi connectivity index (χ0) is 56.4. The van der Waals surface area contributed by atoms with Crippen molar-refractivity contribution >= 4 is 47.1 Å². The van der Waals surface area contributed by atoms with Crippen LogP contribution < -0.4 is 5.32 Å². The number of hydrogen-bond donors (Lipinski definition) is 1. The Labute approximate surface area is 453 Å². The number of nitrogens with zero attached hydrogens (tertiary/aromatic N) is 4. The van der Waals surface area contributed by atoms with E-state index in [0.717, 1.165) is 23.1 Å². The Morgan fingerprint density at radius 1 is 0.816 bits per heavy atom. The summed E-state index contributed by atoms with van der Waals surface area (Å²) in [4.78, 5) is 115. The first-order valence-electron chi connectivity index (χ1n) is 27.8. The molecule has 2 saturated heterocycles. The number of ether oxygens (including phenoxy) is 3. The number of benzene rings is 2. The van der Waals surface area contributed by atoms with Gasteiger partial charge in [0.15, 0.2) is 5.78 Å². The van der Waals surface area contributed by atoms with E-state index < -0.39 is 60.1 Å². The number of nitrogens with one attached hydrogen (secondary N) is 1. The second-order valence-electron chi connectivity index (χ2n) is 22.3. The Bertz CT molecular complexity index is 2250.